The molecule has 0 radical (unpaired) electrons. The molecule has 1 N–H and O–H groups in total. The molecule has 0 spiro atoms. The van der Waals surface area contributed by atoms with Gasteiger partial charge in [-0.1, -0.05) is 32.0 Å². The summed E-state index contributed by atoms with van der Waals surface area (Å²) in [7, 11) is 0. The maximum absolute atomic E-state index is 4.12. The summed E-state index contributed by atoms with van der Waals surface area (Å²) in [5.41, 5.74) is 0. The summed E-state index contributed by atoms with van der Waals surface area (Å²) in [4.78, 5) is 0. The van der Waals surface area contributed by atoms with Crippen LogP contribution >= 0.6 is 11.8 Å². The SMILES string of the molecule is CCCC(C)NCC(C)Sc1nnnn1C1CC1. The first kappa shape index (κ1) is 13.8. The van der Waals surface area contributed by atoms with Crippen LogP contribution in [0.4, 0.5) is 0 Å². The van der Waals surface area contributed by atoms with Crippen molar-refractivity contribution in [3.8, 4) is 0 Å². The third-order valence-corrected chi connectivity index (χ3v) is 4.19. The van der Waals surface area contributed by atoms with Crippen LogP contribution in [0.5, 0.6) is 0 Å². The predicted octanol–water partition coefficient (Wildman–Crippen LogP) is 2.27. The number of nitrogens with one attached hydrogen (secondary N) is 1. The molecule has 1 aromatic heterocycles. The quantitative estimate of drug-likeness (QED) is 0.734. The molecule has 0 aliphatic heterocycles. The molecule has 1 saturated carbocycles. The van der Waals surface area contributed by atoms with E-state index in [1.807, 2.05) is 4.68 Å². The Morgan fingerprint density at radius 2 is 2.22 bits per heavy atom. The molecule has 0 amide bonds. The van der Waals surface area contributed by atoms with E-state index in [0.717, 1.165) is 11.7 Å². The highest BCUT2D eigenvalue weighted by Gasteiger charge is 2.28. The van der Waals surface area contributed by atoms with Gasteiger partial charge in [0.2, 0.25) is 5.16 Å². The number of tetrazole rings is 1. The average molecular weight is 269 g/mol. The van der Waals surface area contributed by atoms with Crippen molar-refractivity contribution in [2.75, 3.05) is 6.54 Å². The van der Waals surface area contributed by atoms with Crippen LogP contribution in [-0.2, 0) is 0 Å². The fraction of sp³-hybridized carbons (Fsp3) is 0.917. The van der Waals surface area contributed by atoms with E-state index >= 15 is 0 Å². The van der Waals surface area contributed by atoms with Crippen molar-refractivity contribution in [3.63, 3.8) is 0 Å². The first-order valence-corrected chi connectivity index (χ1v) is 7.76. The zero-order valence-electron chi connectivity index (χ0n) is 11.5. The van der Waals surface area contributed by atoms with Gasteiger partial charge in [0.25, 0.3) is 0 Å². The summed E-state index contributed by atoms with van der Waals surface area (Å²) in [6.45, 7) is 7.70. The van der Waals surface area contributed by atoms with Crippen molar-refractivity contribution in [3.05, 3.63) is 0 Å². The Labute approximate surface area is 113 Å². The fourth-order valence-electron chi connectivity index (χ4n) is 1.94. The Morgan fingerprint density at radius 3 is 2.89 bits per heavy atom. The highest BCUT2D eigenvalue weighted by molar-refractivity contribution is 7.99. The summed E-state index contributed by atoms with van der Waals surface area (Å²) < 4.78 is 1.98. The van der Waals surface area contributed by atoms with Crippen LogP contribution in [0.25, 0.3) is 0 Å². The molecule has 102 valence electrons. The molecule has 1 aliphatic carbocycles. The molecule has 6 heteroatoms. The summed E-state index contributed by atoms with van der Waals surface area (Å²) in [5, 5.41) is 17.0. The number of nitrogens with zero attached hydrogens (tertiary/aromatic N) is 4. The van der Waals surface area contributed by atoms with Gasteiger partial charge in [-0.3, -0.25) is 0 Å². The Balaban J connectivity index is 1.76. The molecule has 1 fully saturated rings. The van der Waals surface area contributed by atoms with Gasteiger partial charge in [-0.05, 0) is 36.6 Å². The van der Waals surface area contributed by atoms with E-state index < -0.39 is 0 Å². The van der Waals surface area contributed by atoms with Crippen molar-refractivity contribution in [1.29, 1.82) is 0 Å². The zero-order valence-corrected chi connectivity index (χ0v) is 12.3. The molecule has 1 aromatic rings. The Hall–Kier alpha value is -0.620. The van der Waals surface area contributed by atoms with Gasteiger partial charge in [0, 0.05) is 17.8 Å². The maximum Gasteiger partial charge on any atom is 0.209 e. The summed E-state index contributed by atoms with van der Waals surface area (Å²) >= 11 is 1.77. The summed E-state index contributed by atoms with van der Waals surface area (Å²) in [5.74, 6) is 0. The molecule has 18 heavy (non-hydrogen) atoms. The van der Waals surface area contributed by atoms with Crippen LogP contribution in [0.2, 0.25) is 0 Å². The van der Waals surface area contributed by atoms with Crippen LogP contribution < -0.4 is 5.32 Å². The molecule has 0 saturated heterocycles. The normalized spacial score (nSPS) is 18.8. The fourth-order valence-corrected chi connectivity index (χ4v) is 2.85. The van der Waals surface area contributed by atoms with Gasteiger partial charge in [-0.2, -0.15) is 0 Å². The Morgan fingerprint density at radius 1 is 1.44 bits per heavy atom. The lowest BCUT2D eigenvalue weighted by Crippen LogP contribution is -2.31. The number of hydrogen-bond donors (Lipinski definition) is 1. The van der Waals surface area contributed by atoms with Crippen molar-refractivity contribution in [2.24, 2.45) is 0 Å². The number of hydrogen-bond acceptors (Lipinski definition) is 5. The first-order chi connectivity index (χ1) is 8.70. The standard InChI is InChI=1S/C12H23N5S/c1-4-5-9(2)13-8-10(3)18-12-14-15-16-17(12)11-6-7-11/h9-11,13H,4-8H2,1-3H3. The minimum Gasteiger partial charge on any atom is -0.313 e. The monoisotopic (exact) mass is 269 g/mol. The second-order valence-corrected chi connectivity index (χ2v) is 6.57. The molecule has 2 atom stereocenters. The van der Waals surface area contributed by atoms with Gasteiger partial charge in [-0.15, -0.1) is 5.10 Å². The third kappa shape index (κ3) is 3.95. The molecule has 5 nitrogen and oxygen atoms in total. The van der Waals surface area contributed by atoms with E-state index in [9.17, 15) is 0 Å². The highest BCUT2D eigenvalue weighted by Crippen LogP contribution is 2.36. The minimum absolute atomic E-state index is 0.493. The second kappa shape index (κ2) is 6.52. The van der Waals surface area contributed by atoms with E-state index in [1.54, 1.807) is 11.8 Å². The van der Waals surface area contributed by atoms with Crippen molar-refractivity contribution < 1.29 is 0 Å². The summed E-state index contributed by atoms with van der Waals surface area (Å²) in [6.07, 6.45) is 4.91. The van der Waals surface area contributed by atoms with Crippen LogP contribution in [-0.4, -0.2) is 38.0 Å². The van der Waals surface area contributed by atoms with Gasteiger partial charge in [0.1, 0.15) is 0 Å². The van der Waals surface area contributed by atoms with Crippen molar-refractivity contribution in [2.45, 2.75) is 68.9 Å². The minimum atomic E-state index is 0.493. The molecule has 2 unspecified atom stereocenters. The van der Waals surface area contributed by atoms with Crippen LogP contribution in [0.1, 0.15) is 52.5 Å². The smallest absolute Gasteiger partial charge is 0.209 e. The zero-order chi connectivity index (χ0) is 13.0. The number of rotatable bonds is 8. The third-order valence-electron chi connectivity index (χ3n) is 3.14. The van der Waals surface area contributed by atoms with Gasteiger partial charge in [-0.25, -0.2) is 4.68 Å². The molecule has 2 rings (SSSR count). The summed E-state index contributed by atoms with van der Waals surface area (Å²) in [6, 6.07) is 1.15. The van der Waals surface area contributed by atoms with E-state index in [1.165, 1.54) is 25.7 Å². The second-order valence-electron chi connectivity index (χ2n) is 5.16. The van der Waals surface area contributed by atoms with Gasteiger partial charge < -0.3 is 5.32 Å². The molecular formula is C12H23N5S. The van der Waals surface area contributed by atoms with Gasteiger partial charge >= 0.3 is 0 Å². The molecular weight excluding hydrogens is 246 g/mol. The van der Waals surface area contributed by atoms with E-state index in [2.05, 4.69) is 41.6 Å². The lowest BCUT2D eigenvalue weighted by Gasteiger charge is -2.16. The van der Waals surface area contributed by atoms with Crippen LogP contribution in [0.15, 0.2) is 5.16 Å². The maximum atomic E-state index is 4.12. The topological polar surface area (TPSA) is 55.6 Å². The molecule has 0 aromatic carbocycles. The van der Waals surface area contributed by atoms with Crippen LogP contribution in [0, 0.1) is 0 Å². The predicted molar refractivity (Wildman–Crippen MR) is 73.8 cm³/mol. The van der Waals surface area contributed by atoms with Crippen LogP contribution in [0.3, 0.4) is 0 Å². The van der Waals surface area contributed by atoms with E-state index in [4.69, 9.17) is 0 Å². The largest absolute Gasteiger partial charge is 0.313 e. The van der Waals surface area contributed by atoms with Crippen molar-refractivity contribution in [1.82, 2.24) is 25.5 Å². The van der Waals surface area contributed by atoms with E-state index in [0.29, 0.717) is 17.3 Å². The molecule has 1 heterocycles. The van der Waals surface area contributed by atoms with E-state index in [-0.39, 0.29) is 0 Å². The number of thioether (sulfide) groups is 1. The lowest BCUT2D eigenvalue weighted by molar-refractivity contribution is 0.510. The molecule has 0 bridgehead atoms. The lowest BCUT2D eigenvalue weighted by atomic mass is 10.2. The highest BCUT2D eigenvalue weighted by atomic mass is 32.2. The van der Waals surface area contributed by atoms with Gasteiger partial charge in [0.15, 0.2) is 0 Å². The Bertz CT molecular complexity index is 363. The first-order valence-electron chi connectivity index (χ1n) is 6.88. The van der Waals surface area contributed by atoms with Crippen molar-refractivity contribution >= 4 is 11.8 Å². The number of aromatic nitrogens is 4. The Kier molecular flexibility index (Phi) is 5.00. The average Bonchev–Trinajstić information content (AvgIpc) is 3.08. The molecule has 1 aliphatic rings. The van der Waals surface area contributed by atoms with Gasteiger partial charge in [0.05, 0.1) is 6.04 Å².